The van der Waals surface area contributed by atoms with Crippen molar-refractivity contribution >= 4 is 44.9 Å². The number of hydrogen-bond acceptors (Lipinski definition) is 5. The van der Waals surface area contributed by atoms with Gasteiger partial charge in [-0.1, -0.05) is 0 Å². The molecule has 3 amide bonds. The molecule has 144 valence electrons. The van der Waals surface area contributed by atoms with Crippen molar-refractivity contribution in [1.82, 2.24) is 15.3 Å². The number of amides is 3. The number of carbonyl (C=O) groups excluding carboxylic acids is 2. The fourth-order valence-corrected chi connectivity index (χ4v) is 4.25. The third kappa shape index (κ3) is 3.55. The van der Waals surface area contributed by atoms with E-state index in [0.29, 0.717) is 22.2 Å². The van der Waals surface area contributed by atoms with Gasteiger partial charge in [-0.3, -0.25) is 4.79 Å². The van der Waals surface area contributed by atoms with Gasteiger partial charge in [-0.25, -0.2) is 14.8 Å². The molecule has 0 spiro atoms. The minimum atomic E-state index is -0.292. The molecule has 2 aromatic heterocycles. The van der Waals surface area contributed by atoms with Gasteiger partial charge in [0.25, 0.3) is 5.91 Å². The summed E-state index contributed by atoms with van der Waals surface area (Å²) < 4.78 is 0. The Morgan fingerprint density at radius 1 is 1.04 bits per heavy atom. The van der Waals surface area contributed by atoms with E-state index in [2.05, 4.69) is 20.9 Å². The van der Waals surface area contributed by atoms with Crippen LogP contribution in [-0.4, -0.2) is 29.0 Å². The first kappa shape index (κ1) is 18.4. The molecular formula is C20H21N5O2S. The van der Waals surface area contributed by atoms with Gasteiger partial charge in [-0.2, -0.15) is 0 Å². The summed E-state index contributed by atoms with van der Waals surface area (Å²) in [6, 6.07) is 6.68. The molecule has 1 aromatic carbocycles. The zero-order valence-corrected chi connectivity index (χ0v) is 16.7. The maximum Gasteiger partial charge on any atom is 0.318 e. The van der Waals surface area contributed by atoms with Gasteiger partial charge in [-0.15, -0.1) is 11.3 Å². The first-order valence-corrected chi connectivity index (χ1v) is 9.95. The second-order valence-electron chi connectivity index (χ2n) is 6.91. The lowest BCUT2D eigenvalue weighted by Crippen LogP contribution is -2.24. The predicted octanol–water partition coefficient (Wildman–Crippen LogP) is 4.19. The van der Waals surface area contributed by atoms with E-state index < -0.39 is 0 Å². The summed E-state index contributed by atoms with van der Waals surface area (Å²) >= 11 is 1.41. The van der Waals surface area contributed by atoms with Crippen LogP contribution in [0.4, 0.5) is 16.2 Å². The molecule has 28 heavy (non-hydrogen) atoms. The lowest BCUT2D eigenvalue weighted by Gasteiger charge is -2.07. The minimum Gasteiger partial charge on any atom is -0.341 e. The second-order valence-corrected chi connectivity index (χ2v) is 7.91. The van der Waals surface area contributed by atoms with Crippen LogP contribution in [0.15, 0.2) is 24.3 Å². The lowest BCUT2D eigenvalue weighted by molar-refractivity contribution is 0.103. The standard InChI is InChI=1S/C20H21N5O2S/c1-10-15-11(2)22-17(12-4-5-12)25-19(15)28-16(10)18(26)23-13-6-8-14(9-7-13)24-20(27)21-3/h6-9,12H,4-5H2,1-3H3,(H,23,26)(H2,21,24,27). The molecule has 7 nitrogen and oxygen atoms in total. The monoisotopic (exact) mass is 395 g/mol. The zero-order chi connectivity index (χ0) is 19.8. The molecule has 0 saturated heterocycles. The van der Waals surface area contributed by atoms with Crippen LogP contribution in [0.1, 0.15) is 45.5 Å². The number of urea groups is 1. The van der Waals surface area contributed by atoms with Crippen molar-refractivity contribution in [3.05, 3.63) is 46.2 Å². The molecule has 8 heteroatoms. The first-order valence-electron chi connectivity index (χ1n) is 9.14. The number of anilines is 2. The Bertz CT molecular complexity index is 1070. The topological polar surface area (TPSA) is 96.0 Å². The highest BCUT2D eigenvalue weighted by Gasteiger charge is 2.28. The van der Waals surface area contributed by atoms with Gasteiger partial charge >= 0.3 is 6.03 Å². The van der Waals surface area contributed by atoms with Crippen LogP contribution in [0, 0.1) is 13.8 Å². The molecule has 2 heterocycles. The largest absolute Gasteiger partial charge is 0.341 e. The van der Waals surface area contributed by atoms with Crippen molar-refractivity contribution in [3.8, 4) is 0 Å². The number of aromatic nitrogens is 2. The van der Waals surface area contributed by atoms with Crippen molar-refractivity contribution in [2.75, 3.05) is 17.7 Å². The summed E-state index contributed by atoms with van der Waals surface area (Å²) in [4.78, 5) is 35.0. The molecule has 0 bridgehead atoms. The van der Waals surface area contributed by atoms with E-state index in [-0.39, 0.29) is 11.9 Å². The number of rotatable bonds is 4. The van der Waals surface area contributed by atoms with Gasteiger partial charge in [0.1, 0.15) is 10.7 Å². The molecule has 0 atom stereocenters. The van der Waals surface area contributed by atoms with Crippen LogP contribution in [0.3, 0.4) is 0 Å². The summed E-state index contributed by atoms with van der Waals surface area (Å²) in [5.74, 6) is 1.21. The number of fused-ring (bicyclic) bond motifs is 1. The second kappa shape index (κ2) is 7.20. The van der Waals surface area contributed by atoms with Gasteiger partial charge in [0.05, 0.1) is 10.6 Å². The Balaban J connectivity index is 1.56. The Morgan fingerprint density at radius 2 is 1.68 bits per heavy atom. The van der Waals surface area contributed by atoms with E-state index in [0.717, 1.165) is 40.1 Å². The number of thiophene rings is 1. The van der Waals surface area contributed by atoms with Crippen molar-refractivity contribution in [2.45, 2.75) is 32.6 Å². The number of benzene rings is 1. The third-order valence-electron chi connectivity index (χ3n) is 4.76. The average Bonchev–Trinajstić information content (AvgIpc) is 3.47. The van der Waals surface area contributed by atoms with Gasteiger partial charge in [0.2, 0.25) is 0 Å². The van der Waals surface area contributed by atoms with Crippen LogP contribution in [0.25, 0.3) is 10.2 Å². The predicted molar refractivity (Wildman–Crippen MR) is 111 cm³/mol. The van der Waals surface area contributed by atoms with E-state index in [4.69, 9.17) is 4.98 Å². The average molecular weight is 395 g/mol. The molecule has 3 N–H and O–H groups in total. The molecule has 0 radical (unpaired) electrons. The highest BCUT2D eigenvalue weighted by Crippen LogP contribution is 2.40. The Morgan fingerprint density at radius 3 is 2.29 bits per heavy atom. The highest BCUT2D eigenvalue weighted by atomic mass is 32.1. The summed E-state index contributed by atoms with van der Waals surface area (Å²) in [6.07, 6.45) is 2.29. The van der Waals surface area contributed by atoms with Crippen molar-refractivity contribution in [3.63, 3.8) is 0 Å². The normalized spacial score (nSPS) is 13.4. The van der Waals surface area contributed by atoms with E-state index in [9.17, 15) is 9.59 Å². The van der Waals surface area contributed by atoms with E-state index in [1.807, 2.05) is 13.8 Å². The molecule has 0 aliphatic heterocycles. The maximum absolute atomic E-state index is 12.8. The molecule has 1 aliphatic carbocycles. The molecule has 1 fully saturated rings. The van der Waals surface area contributed by atoms with Gasteiger partial charge < -0.3 is 16.0 Å². The van der Waals surface area contributed by atoms with Crippen LogP contribution < -0.4 is 16.0 Å². The smallest absolute Gasteiger partial charge is 0.318 e. The van der Waals surface area contributed by atoms with Gasteiger partial charge in [0, 0.05) is 29.7 Å². The number of hydrogen-bond donors (Lipinski definition) is 3. The summed E-state index contributed by atoms with van der Waals surface area (Å²) in [6.45, 7) is 3.92. The van der Waals surface area contributed by atoms with Crippen LogP contribution in [-0.2, 0) is 0 Å². The Labute approximate surface area is 166 Å². The molecular weight excluding hydrogens is 374 g/mol. The highest BCUT2D eigenvalue weighted by molar-refractivity contribution is 7.20. The number of nitrogens with zero attached hydrogens (tertiary/aromatic N) is 2. The SMILES string of the molecule is CNC(=O)Nc1ccc(NC(=O)c2sc3nc(C4CC4)nc(C)c3c2C)cc1. The van der Waals surface area contributed by atoms with E-state index >= 15 is 0 Å². The van der Waals surface area contributed by atoms with Crippen molar-refractivity contribution in [1.29, 1.82) is 0 Å². The van der Waals surface area contributed by atoms with Crippen molar-refractivity contribution < 1.29 is 9.59 Å². The van der Waals surface area contributed by atoms with Crippen LogP contribution >= 0.6 is 11.3 Å². The van der Waals surface area contributed by atoms with Crippen LogP contribution in [0.5, 0.6) is 0 Å². The molecule has 1 aliphatic rings. The maximum atomic E-state index is 12.8. The summed E-state index contributed by atoms with van der Waals surface area (Å²) in [7, 11) is 1.55. The zero-order valence-electron chi connectivity index (χ0n) is 15.9. The molecule has 1 saturated carbocycles. The summed E-state index contributed by atoms with van der Waals surface area (Å²) in [5.41, 5.74) is 3.15. The molecule has 0 unspecified atom stereocenters. The lowest BCUT2D eigenvalue weighted by atomic mass is 10.1. The third-order valence-corrected chi connectivity index (χ3v) is 5.95. The van der Waals surface area contributed by atoms with Gasteiger partial charge in [-0.05, 0) is 56.5 Å². The quantitative estimate of drug-likeness (QED) is 0.617. The molecule has 4 rings (SSSR count). The summed E-state index contributed by atoms with van der Waals surface area (Å²) in [5, 5.41) is 9.07. The number of carbonyl (C=O) groups is 2. The van der Waals surface area contributed by atoms with Gasteiger partial charge in [0.15, 0.2) is 0 Å². The number of aryl methyl sites for hydroxylation is 2. The first-order chi connectivity index (χ1) is 13.5. The minimum absolute atomic E-state index is 0.167. The van der Waals surface area contributed by atoms with Crippen molar-refractivity contribution in [2.24, 2.45) is 0 Å². The fourth-order valence-electron chi connectivity index (χ4n) is 3.12. The fraction of sp³-hybridized carbons (Fsp3) is 0.300. The Hall–Kier alpha value is -3.00. The van der Waals surface area contributed by atoms with Crippen LogP contribution in [0.2, 0.25) is 0 Å². The van der Waals surface area contributed by atoms with E-state index in [1.54, 1.807) is 31.3 Å². The number of nitrogens with one attached hydrogen (secondary N) is 3. The molecule has 3 aromatic rings. The Kier molecular flexibility index (Phi) is 4.72. The van der Waals surface area contributed by atoms with E-state index in [1.165, 1.54) is 11.3 Å².